The Morgan fingerprint density at radius 1 is 0.645 bits per heavy atom. The first-order valence-corrected chi connectivity index (χ1v) is 14.6. The average molecular weight is 483 g/mol. The van der Waals surface area contributed by atoms with Gasteiger partial charge in [-0.3, -0.25) is 8.37 Å². The van der Waals surface area contributed by atoms with Crippen LogP contribution in [0, 0.1) is 0 Å². The van der Waals surface area contributed by atoms with Crippen molar-refractivity contribution in [3.05, 3.63) is 5.53 Å². The summed E-state index contributed by atoms with van der Waals surface area (Å²) in [5, 5.41) is 0. The number of hydrogen-bond acceptors (Lipinski definition) is 6. The van der Waals surface area contributed by atoms with Gasteiger partial charge in [0.15, 0.2) is 0 Å². The zero-order valence-electron chi connectivity index (χ0n) is 19.7. The Morgan fingerprint density at radius 2 is 1.03 bits per heavy atom. The van der Waals surface area contributed by atoms with Crippen molar-refractivity contribution in [1.82, 2.24) is 0 Å². The van der Waals surface area contributed by atoms with Gasteiger partial charge in [-0.05, 0) is 25.7 Å². The number of rotatable bonds is 18. The van der Waals surface area contributed by atoms with Crippen LogP contribution in [0.5, 0.6) is 0 Å². The average Bonchev–Trinajstić information content (AvgIpc) is 2.68. The molecule has 0 fully saturated rings. The van der Waals surface area contributed by atoms with Gasteiger partial charge in [-0.15, -0.1) is 4.79 Å². The molecular weight excluding hydrogens is 440 g/mol. The zero-order valence-corrected chi connectivity index (χ0v) is 21.3. The van der Waals surface area contributed by atoms with Crippen molar-refractivity contribution in [3.63, 3.8) is 0 Å². The van der Waals surface area contributed by atoms with E-state index in [9.17, 15) is 22.4 Å². The van der Waals surface area contributed by atoms with Crippen molar-refractivity contribution in [2.45, 2.75) is 130 Å². The van der Waals surface area contributed by atoms with Gasteiger partial charge in [-0.25, -0.2) is 0 Å². The molecule has 0 aliphatic rings. The van der Waals surface area contributed by atoms with Crippen molar-refractivity contribution < 1.29 is 30.0 Å². The van der Waals surface area contributed by atoms with E-state index in [0.717, 1.165) is 51.4 Å². The predicted octanol–water partition coefficient (Wildman–Crippen LogP) is 5.54. The highest BCUT2D eigenvalue weighted by Gasteiger charge is 2.46. The van der Waals surface area contributed by atoms with Gasteiger partial charge >= 0.3 is 24.6 Å². The second-order valence-corrected chi connectivity index (χ2v) is 11.2. The van der Waals surface area contributed by atoms with E-state index >= 15 is 0 Å². The first kappa shape index (κ1) is 30.2. The Morgan fingerprint density at radius 3 is 1.32 bits per heavy atom. The molecule has 31 heavy (non-hydrogen) atoms. The van der Waals surface area contributed by atoms with E-state index in [1.807, 2.05) is 13.8 Å². The smallest absolute Gasteiger partial charge is 0.359 e. The van der Waals surface area contributed by atoms with Gasteiger partial charge < -0.3 is 5.53 Å². The molecule has 2 unspecified atom stereocenters. The molecule has 0 N–H and O–H groups in total. The summed E-state index contributed by atoms with van der Waals surface area (Å²) in [5.74, 6) is 0. The third kappa shape index (κ3) is 12.7. The Kier molecular flexibility index (Phi) is 16.3. The molecule has 8 nitrogen and oxygen atoms in total. The summed E-state index contributed by atoms with van der Waals surface area (Å²) in [6, 6.07) is 0. The van der Waals surface area contributed by atoms with Gasteiger partial charge in [0.2, 0.25) is 0 Å². The fraction of sp³-hybridized carbons (Fsp3) is 0.952. The van der Waals surface area contributed by atoms with E-state index in [1.54, 1.807) is 0 Å². The Bertz CT molecular complexity index is 675. The number of unbranched alkanes of at least 4 members (excludes halogenated alkanes) is 6. The highest BCUT2D eigenvalue weighted by Crippen LogP contribution is 2.20. The molecule has 0 saturated carbocycles. The Hall–Kier alpha value is -0.800. The molecule has 2 atom stereocenters. The second-order valence-electron chi connectivity index (χ2n) is 7.99. The minimum Gasteiger partial charge on any atom is -0.359 e. The summed E-state index contributed by atoms with van der Waals surface area (Å²) in [4.78, 5) is 2.57. The monoisotopic (exact) mass is 482 g/mol. The van der Waals surface area contributed by atoms with Crippen LogP contribution in [0.4, 0.5) is 0 Å². The van der Waals surface area contributed by atoms with Crippen LogP contribution in [0.3, 0.4) is 0 Å². The van der Waals surface area contributed by atoms with Crippen molar-refractivity contribution in [1.29, 1.82) is 0 Å². The number of hydrogen-bond donors (Lipinski definition) is 0. The first-order chi connectivity index (χ1) is 14.7. The largest absolute Gasteiger partial charge is 0.546 e. The summed E-state index contributed by atoms with van der Waals surface area (Å²) in [7, 11) is -9.59. The topological polar surface area (TPSA) is 123 Å². The van der Waals surface area contributed by atoms with Crippen molar-refractivity contribution >= 4 is 24.6 Å². The van der Waals surface area contributed by atoms with Gasteiger partial charge in [-0.1, -0.05) is 91.9 Å². The lowest BCUT2D eigenvalue weighted by molar-refractivity contribution is 0.000791. The van der Waals surface area contributed by atoms with Gasteiger partial charge in [0.05, 0.1) is 12.2 Å². The lowest BCUT2D eigenvalue weighted by Crippen LogP contribution is -2.34. The molecular formula is C21H42N2O6S2. The quantitative estimate of drug-likeness (QED) is 0.0630. The van der Waals surface area contributed by atoms with Gasteiger partial charge in [0, 0.05) is 0 Å². The van der Waals surface area contributed by atoms with E-state index in [1.165, 1.54) is 0 Å². The molecule has 0 aliphatic heterocycles. The summed E-state index contributed by atoms with van der Waals surface area (Å²) < 4.78 is 59.5. The molecule has 0 spiro atoms. The molecule has 0 amide bonds. The molecule has 184 valence electrons. The van der Waals surface area contributed by atoms with Gasteiger partial charge in [0.25, 0.3) is 0 Å². The molecule has 0 bridgehead atoms. The van der Waals surface area contributed by atoms with Crippen LogP contribution in [0.25, 0.3) is 5.53 Å². The van der Waals surface area contributed by atoms with E-state index in [4.69, 9.17) is 8.37 Å². The highest BCUT2D eigenvalue weighted by atomic mass is 32.3. The van der Waals surface area contributed by atoms with E-state index in [2.05, 4.69) is 18.6 Å². The highest BCUT2D eigenvalue weighted by molar-refractivity contribution is 8.27. The van der Waals surface area contributed by atoms with Crippen LogP contribution in [0.2, 0.25) is 0 Å². The predicted molar refractivity (Wildman–Crippen MR) is 124 cm³/mol. The van der Waals surface area contributed by atoms with E-state index in [0.29, 0.717) is 38.5 Å². The minimum atomic E-state index is -4.80. The van der Waals surface area contributed by atoms with Crippen LogP contribution in [-0.2, 0) is 28.6 Å². The van der Waals surface area contributed by atoms with Crippen molar-refractivity contribution in [3.8, 4) is 0 Å². The van der Waals surface area contributed by atoms with E-state index in [-0.39, 0.29) is 0 Å². The molecule has 10 heteroatoms. The summed E-state index contributed by atoms with van der Waals surface area (Å²) in [5.41, 5.74) is 9.24. The maximum Gasteiger partial charge on any atom is 0.546 e. The fourth-order valence-corrected chi connectivity index (χ4v) is 6.09. The van der Waals surface area contributed by atoms with Crippen molar-refractivity contribution in [2.24, 2.45) is 0 Å². The standard InChI is InChI=1S/C21H42N2O6S2/c1-5-9-11-13-17-19(15-7-3)28-30(24,25)21(23-22)31(26,27)29-20(16-8-4)18-14-12-10-6-2/h19-20H,5-18H2,1-4H3. The number of nitrogens with zero attached hydrogens (tertiary/aromatic N) is 2. The Labute approximate surface area is 190 Å². The van der Waals surface area contributed by atoms with Crippen LogP contribution >= 0.6 is 0 Å². The SMILES string of the molecule is CCCCCCC(CCC)OS(=O)(=O)C(=[N+]=[N-])S(=O)(=O)OC(CCC)CCCCCC. The zero-order chi connectivity index (χ0) is 23.8. The van der Waals surface area contributed by atoms with Gasteiger partial charge in [-0.2, -0.15) is 16.8 Å². The lowest BCUT2D eigenvalue weighted by Gasteiger charge is -2.17. The summed E-state index contributed by atoms with van der Waals surface area (Å²) in [6.07, 6.45) is 9.53. The fourth-order valence-electron chi connectivity index (χ4n) is 3.39. The third-order valence-electron chi connectivity index (χ3n) is 5.02. The maximum atomic E-state index is 12.6. The summed E-state index contributed by atoms with van der Waals surface area (Å²) in [6.45, 7) is 7.94. The molecule has 0 aliphatic carbocycles. The second kappa shape index (κ2) is 16.8. The van der Waals surface area contributed by atoms with Crippen LogP contribution < -0.4 is 0 Å². The van der Waals surface area contributed by atoms with Gasteiger partial charge in [0.1, 0.15) is 0 Å². The molecule has 0 aromatic rings. The molecule has 0 heterocycles. The van der Waals surface area contributed by atoms with Crippen LogP contribution in [-0.4, -0.2) is 38.2 Å². The molecule has 0 radical (unpaired) electrons. The normalized spacial score (nSPS) is 14.2. The first-order valence-electron chi connectivity index (χ1n) is 11.8. The van der Waals surface area contributed by atoms with Crippen LogP contribution in [0.1, 0.15) is 118 Å². The minimum absolute atomic E-state index is 0.459. The molecule has 0 aromatic heterocycles. The van der Waals surface area contributed by atoms with E-state index < -0.39 is 36.8 Å². The third-order valence-corrected chi connectivity index (χ3v) is 8.31. The Balaban J connectivity index is 5.31. The molecule has 0 aromatic carbocycles. The molecule has 0 saturated heterocycles. The summed E-state index contributed by atoms with van der Waals surface area (Å²) >= 11 is 0. The molecule has 0 rings (SSSR count). The van der Waals surface area contributed by atoms with Crippen LogP contribution in [0.15, 0.2) is 0 Å². The maximum absolute atomic E-state index is 12.6. The lowest BCUT2D eigenvalue weighted by atomic mass is 10.1. The van der Waals surface area contributed by atoms with Crippen molar-refractivity contribution in [2.75, 3.05) is 0 Å².